The average Bonchev–Trinajstić information content (AvgIpc) is 2.43. The number of anilines is 1. The van der Waals surface area contributed by atoms with Gasteiger partial charge in [-0.05, 0) is 51.0 Å². The number of hydrogen-bond acceptors (Lipinski definition) is 1. The fourth-order valence-corrected chi connectivity index (χ4v) is 1.81. The Hall–Kier alpha value is -1.76. The molecule has 0 saturated carbocycles. The predicted octanol–water partition coefficient (Wildman–Crippen LogP) is 5.23. The summed E-state index contributed by atoms with van der Waals surface area (Å²) in [6.07, 6.45) is 7.51. The van der Waals surface area contributed by atoms with Crippen molar-refractivity contribution in [1.82, 2.24) is 0 Å². The second-order valence-electron chi connectivity index (χ2n) is 4.18. The largest absolute Gasteiger partial charge is 0.372 e. The van der Waals surface area contributed by atoms with Crippen molar-refractivity contribution < 1.29 is 0 Å². The normalized spacial score (nSPS) is 9.68. The van der Waals surface area contributed by atoms with Crippen LogP contribution in [0.5, 0.6) is 0 Å². The van der Waals surface area contributed by atoms with Gasteiger partial charge in [0.15, 0.2) is 0 Å². The number of hydrogen-bond donors (Lipinski definition) is 0. The minimum absolute atomic E-state index is 1.07. The van der Waals surface area contributed by atoms with Gasteiger partial charge in [0.05, 0.1) is 0 Å². The molecule has 1 heteroatoms. The summed E-state index contributed by atoms with van der Waals surface area (Å²) in [5, 5.41) is 0. The quantitative estimate of drug-likeness (QED) is 0.653. The van der Waals surface area contributed by atoms with E-state index in [0.717, 1.165) is 13.1 Å². The van der Waals surface area contributed by atoms with Gasteiger partial charge in [0.2, 0.25) is 0 Å². The van der Waals surface area contributed by atoms with Gasteiger partial charge in [-0.1, -0.05) is 43.5 Å². The van der Waals surface area contributed by atoms with Gasteiger partial charge in [-0.25, -0.2) is 0 Å². The van der Waals surface area contributed by atoms with Crippen LogP contribution in [0.3, 0.4) is 0 Å². The van der Waals surface area contributed by atoms with Crippen molar-refractivity contribution in [3.05, 3.63) is 60.7 Å². The van der Waals surface area contributed by atoms with Gasteiger partial charge in [-0.15, -0.1) is 0 Å². The first-order valence-electron chi connectivity index (χ1n) is 6.86. The van der Waals surface area contributed by atoms with E-state index >= 15 is 0 Å². The van der Waals surface area contributed by atoms with E-state index in [-0.39, 0.29) is 0 Å². The zero-order valence-corrected chi connectivity index (χ0v) is 12.8. The van der Waals surface area contributed by atoms with Gasteiger partial charge in [0.25, 0.3) is 0 Å². The van der Waals surface area contributed by atoms with Gasteiger partial charge in [0.1, 0.15) is 0 Å². The number of aryl methyl sites for hydroxylation is 1. The van der Waals surface area contributed by atoms with Crippen LogP contribution >= 0.6 is 0 Å². The highest BCUT2D eigenvalue weighted by atomic mass is 15.1. The predicted molar refractivity (Wildman–Crippen MR) is 89.8 cm³/mol. The van der Waals surface area contributed by atoms with E-state index in [1.54, 1.807) is 12.2 Å². The summed E-state index contributed by atoms with van der Waals surface area (Å²) in [4.78, 5) is 2.37. The maximum absolute atomic E-state index is 3.36. The molecule has 104 valence electrons. The van der Waals surface area contributed by atoms with E-state index in [1.165, 1.54) is 16.8 Å². The van der Waals surface area contributed by atoms with Crippen LogP contribution in [0.4, 0.5) is 5.69 Å². The van der Waals surface area contributed by atoms with Crippen LogP contribution in [0.15, 0.2) is 49.6 Å². The molecule has 0 bridgehead atoms. The molecule has 0 unspecified atom stereocenters. The third-order valence-corrected chi connectivity index (χ3v) is 2.89. The highest BCUT2D eigenvalue weighted by molar-refractivity contribution is 5.59. The van der Waals surface area contributed by atoms with Crippen molar-refractivity contribution in [2.24, 2.45) is 0 Å². The molecule has 0 aliphatic heterocycles. The van der Waals surface area contributed by atoms with Gasteiger partial charge in [0, 0.05) is 18.8 Å². The van der Waals surface area contributed by atoms with Crippen molar-refractivity contribution in [3.8, 4) is 0 Å². The molecule has 0 spiro atoms. The number of allylic oxidation sites excluding steroid dienone is 3. The molecule has 0 atom stereocenters. The Bertz CT molecular complexity index is 406. The lowest BCUT2D eigenvalue weighted by Gasteiger charge is -2.21. The first-order chi connectivity index (χ1) is 9.14. The molecule has 0 N–H and O–H groups in total. The van der Waals surface area contributed by atoms with E-state index in [1.807, 2.05) is 0 Å². The van der Waals surface area contributed by atoms with Gasteiger partial charge >= 0.3 is 0 Å². The van der Waals surface area contributed by atoms with Crippen LogP contribution in [0, 0.1) is 6.92 Å². The topological polar surface area (TPSA) is 3.24 Å². The maximum atomic E-state index is 3.36. The number of nitrogens with zero attached hydrogens (tertiary/aromatic N) is 1. The smallest absolute Gasteiger partial charge is 0.0369 e. The van der Waals surface area contributed by atoms with E-state index in [9.17, 15) is 0 Å². The van der Waals surface area contributed by atoms with Crippen LogP contribution in [0.2, 0.25) is 0 Å². The summed E-state index contributed by atoms with van der Waals surface area (Å²) < 4.78 is 0. The minimum atomic E-state index is 1.07. The van der Waals surface area contributed by atoms with Crippen LogP contribution in [-0.2, 0) is 0 Å². The van der Waals surface area contributed by atoms with Crippen molar-refractivity contribution in [3.63, 3.8) is 0 Å². The summed E-state index contributed by atoms with van der Waals surface area (Å²) in [6, 6.07) is 6.67. The van der Waals surface area contributed by atoms with Crippen LogP contribution in [0.1, 0.15) is 31.9 Å². The lowest BCUT2D eigenvalue weighted by Crippen LogP contribution is -2.21. The van der Waals surface area contributed by atoms with Crippen LogP contribution in [0.25, 0.3) is 6.08 Å². The second-order valence-corrected chi connectivity index (χ2v) is 4.18. The summed E-state index contributed by atoms with van der Waals surface area (Å²) >= 11 is 0. The van der Waals surface area contributed by atoms with Crippen LogP contribution < -0.4 is 4.90 Å². The Balaban J connectivity index is 0.000000711. The van der Waals surface area contributed by atoms with E-state index in [4.69, 9.17) is 0 Å². The second kappa shape index (κ2) is 10.2. The van der Waals surface area contributed by atoms with Crippen molar-refractivity contribution in [2.45, 2.75) is 27.7 Å². The Labute approximate surface area is 119 Å². The van der Waals surface area contributed by atoms with Crippen molar-refractivity contribution in [1.29, 1.82) is 0 Å². The SMILES string of the molecule is C/C=C\c1ccc(N(CC)CC)cc1C.C=CC=C. The lowest BCUT2D eigenvalue weighted by atomic mass is 10.1. The Morgan fingerprint density at radius 3 is 2.05 bits per heavy atom. The third-order valence-electron chi connectivity index (χ3n) is 2.89. The molecule has 0 aliphatic rings. The number of benzene rings is 1. The van der Waals surface area contributed by atoms with Gasteiger partial charge in [-0.3, -0.25) is 0 Å². The van der Waals surface area contributed by atoms with Gasteiger partial charge < -0.3 is 4.90 Å². The summed E-state index contributed by atoms with van der Waals surface area (Å²) in [5.74, 6) is 0. The van der Waals surface area contributed by atoms with Crippen molar-refractivity contribution >= 4 is 11.8 Å². The molecule has 0 radical (unpaired) electrons. The molecule has 0 amide bonds. The molecule has 1 rings (SSSR count). The van der Waals surface area contributed by atoms with E-state index in [0.29, 0.717) is 0 Å². The Morgan fingerprint density at radius 1 is 1.11 bits per heavy atom. The zero-order valence-electron chi connectivity index (χ0n) is 12.8. The molecule has 0 saturated heterocycles. The molecule has 0 fully saturated rings. The molecule has 19 heavy (non-hydrogen) atoms. The fraction of sp³-hybridized carbons (Fsp3) is 0.333. The summed E-state index contributed by atoms with van der Waals surface area (Å²) in [7, 11) is 0. The van der Waals surface area contributed by atoms with E-state index in [2.05, 4.69) is 76.1 Å². The highest BCUT2D eigenvalue weighted by Gasteiger charge is 2.02. The zero-order chi connectivity index (χ0) is 14.7. The lowest BCUT2D eigenvalue weighted by molar-refractivity contribution is 0.865. The highest BCUT2D eigenvalue weighted by Crippen LogP contribution is 2.19. The standard InChI is InChI=1S/C14H21N.C4H6/c1-5-8-13-9-10-14(11-12(13)4)15(6-2)7-3;1-3-4-2/h5,8-11H,6-7H2,1-4H3;3-4H,1-2H2/b8-5-;. The molecule has 0 aliphatic carbocycles. The molecule has 0 heterocycles. The van der Waals surface area contributed by atoms with E-state index < -0.39 is 0 Å². The first kappa shape index (κ1) is 17.2. The molecular formula is C18H27N. The molecule has 1 nitrogen and oxygen atoms in total. The average molecular weight is 257 g/mol. The molecule has 0 aromatic heterocycles. The third kappa shape index (κ3) is 6.10. The van der Waals surface area contributed by atoms with Crippen LogP contribution in [-0.4, -0.2) is 13.1 Å². The molecule has 1 aromatic carbocycles. The summed E-state index contributed by atoms with van der Waals surface area (Å²) in [6.45, 7) is 17.5. The fourth-order valence-electron chi connectivity index (χ4n) is 1.81. The molecule has 1 aromatic rings. The summed E-state index contributed by atoms with van der Waals surface area (Å²) in [5.41, 5.74) is 3.98. The number of rotatable bonds is 5. The Morgan fingerprint density at radius 2 is 1.68 bits per heavy atom. The monoisotopic (exact) mass is 257 g/mol. The molecular weight excluding hydrogens is 230 g/mol. The first-order valence-corrected chi connectivity index (χ1v) is 6.86. The van der Waals surface area contributed by atoms with Crippen molar-refractivity contribution in [2.75, 3.05) is 18.0 Å². The Kier molecular flexibility index (Phi) is 9.25. The maximum Gasteiger partial charge on any atom is 0.0369 e. The van der Waals surface area contributed by atoms with Gasteiger partial charge in [-0.2, -0.15) is 0 Å². The minimum Gasteiger partial charge on any atom is -0.372 e.